The van der Waals surface area contributed by atoms with Gasteiger partial charge in [-0.2, -0.15) is 0 Å². The molecule has 0 radical (unpaired) electrons. The first-order chi connectivity index (χ1) is 23.5. The standard InChI is InChI=1S/C38H45N5O5S/c1-38(2,3)33-14-13-32(49-33)35(44)41-30(36(45)43-22-27(23-43)37(46)47)19-24-9-11-26(12-10-24)34-39-20-28(21-40-34)42-17-15-25(16-18-42)29-7-5-6-8-31(29)48-4/h5-14,20-21,25,27,30,37,46-47H,15-19,22-23H2,1-4H3,(H,41,44)/t30-/m0/s1. The zero-order chi connectivity index (χ0) is 34.7. The second kappa shape index (κ2) is 14.7. The van der Waals surface area contributed by atoms with Gasteiger partial charge in [0.2, 0.25) is 5.91 Å². The van der Waals surface area contributed by atoms with Gasteiger partial charge in [-0.05, 0) is 53.5 Å². The average molecular weight is 684 g/mol. The first-order valence-corrected chi connectivity index (χ1v) is 17.7. The maximum atomic E-state index is 13.5. The monoisotopic (exact) mass is 683 g/mol. The summed E-state index contributed by atoms with van der Waals surface area (Å²) in [6, 6.07) is 18.9. The van der Waals surface area contributed by atoms with Crippen LogP contribution in [-0.4, -0.2) is 82.5 Å². The number of piperidine rings is 1. The van der Waals surface area contributed by atoms with E-state index < -0.39 is 12.3 Å². The van der Waals surface area contributed by atoms with Crippen molar-refractivity contribution in [1.82, 2.24) is 20.2 Å². The quantitative estimate of drug-likeness (QED) is 0.199. The molecule has 2 aromatic carbocycles. The zero-order valence-corrected chi connectivity index (χ0v) is 29.3. The molecular weight excluding hydrogens is 639 g/mol. The number of aromatic nitrogens is 2. The van der Waals surface area contributed by atoms with Gasteiger partial charge < -0.3 is 30.1 Å². The number of likely N-dealkylation sites (tertiary alicyclic amines) is 1. The van der Waals surface area contributed by atoms with Gasteiger partial charge in [0.25, 0.3) is 5.91 Å². The summed E-state index contributed by atoms with van der Waals surface area (Å²) < 4.78 is 5.59. The Kier molecular flexibility index (Phi) is 10.3. The number of carbonyl (C=O) groups is 2. The highest BCUT2D eigenvalue weighted by atomic mass is 32.1. The Balaban J connectivity index is 1.10. The molecule has 3 N–H and O–H groups in total. The highest BCUT2D eigenvalue weighted by molar-refractivity contribution is 7.14. The molecule has 2 aromatic heterocycles. The van der Waals surface area contributed by atoms with E-state index >= 15 is 0 Å². The second-order valence-corrected chi connectivity index (χ2v) is 15.1. The van der Waals surface area contributed by atoms with Gasteiger partial charge >= 0.3 is 0 Å². The van der Waals surface area contributed by atoms with Gasteiger partial charge in [0.1, 0.15) is 11.8 Å². The lowest BCUT2D eigenvalue weighted by atomic mass is 9.88. The number of benzene rings is 2. The summed E-state index contributed by atoms with van der Waals surface area (Å²) in [6.45, 7) is 8.60. The molecule has 2 saturated heterocycles. The van der Waals surface area contributed by atoms with Crippen LogP contribution in [-0.2, 0) is 16.6 Å². The van der Waals surface area contributed by atoms with Crippen LogP contribution in [0.5, 0.6) is 5.75 Å². The number of aliphatic hydroxyl groups excluding tert-OH is 1. The Hall–Kier alpha value is -4.32. The lowest BCUT2D eigenvalue weighted by Gasteiger charge is -2.41. The zero-order valence-electron chi connectivity index (χ0n) is 28.5. The smallest absolute Gasteiger partial charge is 0.262 e. The van der Waals surface area contributed by atoms with Crippen molar-refractivity contribution >= 4 is 28.8 Å². The lowest BCUT2D eigenvalue weighted by Crippen LogP contribution is -2.59. The topological polar surface area (TPSA) is 128 Å². The Labute approximate surface area is 291 Å². The first-order valence-electron chi connectivity index (χ1n) is 16.9. The van der Waals surface area contributed by atoms with Gasteiger partial charge in [-0.1, -0.05) is 63.2 Å². The number of anilines is 1. The van der Waals surface area contributed by atoms with E-state index in [4.69, 9.17) is 4.74 Å². The van der Waals surface area contributed by atoms with E-state index in [0.29, 0.717) is 16.6 Å². The summed E-state index contributed by atoms with van der Waals surface area (Å²) in [7, 11) is 1.73. The normalized spacial score (nSPS) is 16.4. The maximum Gasteiger partial charge on any atom is 0.262 e. The molecule has 1 atom stereocenters. The van der Waals surface area contributed by atoms with Crippen molar-refractivity contribution in [2.75, 3.05) is 38.2 Å². The molecule has 258 valence electrons. The van der Waals surface area contributed by atoms with Crippen LogP contribution >= 0.6 is 11.3 Å². The van der Waals surface area contributed by atoms with Crippen molar-refractivity contribution < 1.29 is 24.5 Å². The fraction of sp³-hybridized carbons (Fsp3) is 0.421. The molecule has 2 aliphatic rings. The minimum atomic E-state index is -1.47. The van der Waals surface area contributed by atoms with Crippen molar-refractivity contribution in [3.63, 3.8) is 0 Å². The van der Waals surface area contributed by atoms with Crippen LogP contribution in [0.4, 0.5) is 5.69 Å². The first kappa shape index (κ1) is 34.5. The number of aliphatic hydroxyl groups is 2. The van der Waals surface area contributed by atoms with Crippen molar-refractivity contribution in [3.05, 3.63) is 93.9 Å². The predicted octanol–water partition coefficient (Wildman–Crippen LogP) is 5.01. The highest BCUT2D eigenvalue weighted by Gasteiger charge is 2.38. The third kappa shape index (κ3) is 7.95. The predicted molar refractivity (Wildman–Crippen MR) is 191 cm³/mol. The third-order valence-electron chi connectivity index (χ3n) is 9.54. The van der Waals surface area contributed by atoms with Crippen LogP contribution in [0.25, 0.3) is 11.4 Å². The number of carbonyl (C=O) groups excluding carboxylic acids is 2. The number of hydrogen-bond donors (Lipinski definition) is 3. The summed E-state index contributed by atoms with van der Waals surface area (Å²) in [5, 5.41) is 22.0. The number of ether oxygens (including phenoxy) is 1. The maximum absolute atomic E-state index is 13.5. The minimum Gasteiger partial charge on any atom is -0.496 e. The molecule has 4 heterocycles. The van der Waals surface area contributed by atoms with Crippen molar-refractivity contribution in [1.29, 1.82) is 0 Å². The summed E-state index contributed by atoms with van der Waals surface area (Å²) in [5.74, 6) is 1.10. The number of methoxy groups -OCH3 is 1. The van der Waals surface area contributed by atoms with Crippen LogP contribution < -0.4 is 15.0 Å². The third-order valence-corrected chi connectivity index (χ3v) is 11.1. The Morgan fingerprint density at radius 3 is 2.27 bits per heavy atom. The fourth-order valence-corrected chi connectivity index (χ4v) is 7.47. The summed E-state index contributed by atoms with van der Waals surface area (Å²) in [6.07, 6.45) is 4.63. The number of thiophene rings is 1. The molecule has 2 fully saturated rings. The van der Waals surface area contributed by atoms with Gasteiger partial charge in [0, 0.05) is 49.0 Å². The molecule has 0 bridgehead atoms. The molecule has 0 saturated carbocycles. The van der Waals surface area contributed by atoms with E-state index in [0.717, 1.165) is 53.4 Å². The molecule has 2 aliphatic heterocycles. The molecule has 49 heavy (non-hydrogen) atoms. The molecular formula is C38H45N5O5S. The van der Waals surface area contributed by atoms with Gasteiger partial charge in [-0.25, -0.2) is 9.97 Å². The summed E-state index contributed by atoms with van der Waals surface area (Å²) in [4.78, 5) is 41.7. The van der Waals surface area contributed by atoms with E-state index in [1.54, 1.807) is 18.1 Å². The van der Waals surface area contributed by atoms with Crippen LogP contribution in [0.15, 0.2) is 73.1 Å². The second-order valence-electron chi connectivity index (χ2n) is 14.0. The van der Waals surface area contributed by atoms with Crippen LogP contribution in [0.1, 0.15) is 65.2 Å². The van der Waals surface area contributed by atoms with Gasteiger partial charge in [0.05, 0.1) is 30.1 Å². The molecule has 0 spiro atoms. The van der Waals surface area contributed by atoms with Gasteiger partial charge in [-0.15, -0.1) is 11.3 Å². The lowest BCUT2D eigenvalue weighted by molar-refractivity contribution is -0.157. The van der Waals surface area contributed by atoms with E-state index in [9.17, 15) is 19.8 Å². The van der Waals surface area contributed by atoms with Crippen molar-refractivity contribution in [3.8, 4) is 17.1 Å². The largest absolute Gasteiger partial charge is 0.496 e. The number of amides is 2. The van der Waals surface area contributed by atoms with E-state index in [2.05, 4.69) is 53.1 Å². The van der Waals surface area contributed by atoms with E-state index in [1.807, 2.05) is 54.9 Å². The average Bonchev–Trinajstić information content (AvgIpc) is 3.60. The van der Waals surface area contributed by atoms with Crippen LogP contribution in [0.2, 0.25) is 0 Å². The minimum absolute atomic E-state index is 0.0865. The van der Waals surface area contributed by atoms with Crippen molar-refractivity contribution in [2.24, 2.45) is 5.92 Å². The molecule has 11 heteroatoms. The molecule has 10 nitrogen and oxygen atoms in total. The molecule has 0 unspecified atom stereocenters. The van der Waals surface area contributed by atoms with Crippen LogP contribution in [0, 0.1) is 5.92 Å². The van der Waals surface area contributed by atoms with E-state index in [-0.39, 0.29) is 42.7 Å². The SMILES string of the molecule is COc1ccccc1C1CCN(c2cnc(-c3ccc(C[C@H](NC(=O)c4ccc(C(C)(C)C)s4)C(=O)N4CC(C(O)O)C4)cc3)nc2)CC1. The fourth-order valence-electron chi connectivity index (χ4n) is 6.51. The number of rotatable bonds is 10. The highest BCUT2D eigenvalue weighted by Crippen LogP contribution is 2.35. The number of nitrogens with one attached hydrogen (secondary N) is 1. The Morgan fingerprint density at radius 2 is 1.65 bits per heavy atom. The Bertz CT molecular complexity index is 1740. The number of para-hydroxylation sites is 1. The Morgan fingerprint density at radius 1 is 0.980 bits per heavy atom. The van der Waals surface area contributed by atoms with Gasteiger partial charge in [0.15, 0.2) is 12.1 Å². The summed E-state index contributed by atoms with van der Waals surface area (Å²) in [5.41, 5.74) is 3.91. The number of hydrogen-bond acceptors (Lipinski definition) is 9. The van der Waals surface area contributed by atoms with E-state index in [1.165, 1.54) is 16.9 Å². The molecule has 2 amide bonds. The van der Waals surface area contributed by atoms with Gasteiger partial charge in [-0.3, -0.25) is 9.59 Å². The number of nitrogens with zero attached hydrogens (tertiary/aromatic N) is 4. The molecule has 4 aromatic rings. The molecule has 0 aliphatic carbocycles. The van der Waals surface area contributed by atoms with Crippen molar-refractivity contribution in [2.45, 2.75) is 63.7 Å². The van der Waals surface area contributed by atoms with Crippen LogP contribution in [0.3, 0.4) is 0 Å². The summed E-state index contributed by atoms with van der Waals surface area (Å²) >= 11 is 1.43. The molecule has 6 rings (SSSR count).